The number of benzene rings is 1. The molecule has 9 heteroatoms. The number of hydrogen-bond acceptors (Lipinski definition) is 5. The third kappa shape index (κ3) is 2.89. The Morgan fingerprint density at radius 1 is 1.30 bits per heavy atom. The van der Waals surface area contributed by atoms with E-state index >= 15 is 0 Å². The Kier molecular flexibility index (Phi) is 4.23. The maximum absolute atomic E-state index is 13.0. The van der Waals surface area contributed by atoms with Gasteiger partial charge in [0.05, 0.1) is 6.20 Å². The summed E-state index contributed by atoms with van der Waals surface area (Å²) in [4.78, 5) is 35.5. The van der Waals surface area contributed by atoms with E-state index in [1.54, 1.807) is 24.1 Å². The fourth-order valence-electron chi connectivity index (χ4n) is 3.26. The first-order valence-electron chi connectivity index (χ1n) is 8.46. The molecule has 1 aliphatic rings. The van der Waals surface area contributed by atoms with Gasteiger partial charge in [-0.3, -0.25) is 4.57 Å². The van der Waals surface area contributed by atoms with Gasteiger partial charge in [0, 0.05) is 33.2 Å². The van der Waals surface area contributed by atoms with Crippen molar-refractivity contribution in [2.75, 3.05) is 20.2 Å². The molecule has 0 N–H and O–H groups in total. The average Bonchev–Trinajstić information content (AvgIpc) is 2.86. The molecule has 0 bridgehead atoms. The van der Waals surface area contributed by atoms with Gasteiger partial charge in [0.25, 0.3) is 0 Å². The highest BCUT2D eigenvalue weighted by Gasteiger charge is 2.34. The van der Waals surface area contributed by atoms with Crippen molar-refractivity contribution in [2.45, 2.75) is 12.5 Å². The van der Waals surface area contributed by atoms with Crippen LogP contribution in [0.1, 0.15) is 17.3 Å². The quantitative estimate of drug-likeness (QED) is 0.697. The van der Waals surface area contributed by atoms with Crippen LogP contribution in [0.4, 0.5) is 9.18 Å². The number of aryl methyl sites for hydroxylation is 1. The van der Waals surface area contributed by atoms with Crippen LogP contribution in [0.5, 0.6) is 0 Å². The summed E-state index contributed by atoms with van der Waals surface area (Å²) in [7, 11) is 3.10. The van der Waals surface area contributed by atoms with Crippen LogP contribution in [0.25, 0.3) is 11.2 Å². The minimum absolute atomic E-state index is 0.129. The van der Waals surface area contributed by atoms with Gasteiger partial charge in [0.1, 0.15) is 17.9 Å². The Balaban J connectivity index is 1.59. The zero-order valence-corrected chi connectivity index (χ0v) is 14.9. The average molecular weight is 371 g/mol. The van der Waals surface area contributed by atoms with Gasteiger partial charge in [-0.05, 0) is 17.7 Å². The molecular formula is C18H18FN5O3. The van der Waals surface area contributed by atoms with E-state index in [1.165, 1.54) is 30.0 Å². The monoisotopic (exact) mass is 371 g/mol. The smallest absolute Gasteiger partial charge is 0.338 e. The molecule has 0 unspecified atom stereocenters. The highest BCUT2D eigenvalue weighted by molar-refractivity contribution is 5.88. The van der Waals surface area contributed by atoms with Gasteiger partial charge in [-0.25, -0.2) is 28.5 Å². The molecule has 1 aromatic carbocycles. The van der Waals surface area contributed by atoms with Crippen molar-refractivity contribution in [3.05, 3.63) is 58.2 Å². The van der Waals surface area contributed by atoms with E-state index in [-0.39, 0.29) is 18.3 Å². The number of nitrogens with zero attached hydrogens (tertiary/aromatic N) is 5. The molecule has 0 aliphatic carbocycles. The van der Waals surface area contributed by atoms with Crippen LogP contribution in [-0.4, -0.2) is 50.2 Å². The first-order valence-corrected chi connectivity index (χ1v) is 8.46. The maximum atomic E-state index is 13.0. The topological polar surface area (TPSA) is 82.2 Å². The molecule has 1 fully saturated rings. The van der Waals surface area contributed by atoms with Crippen LogP contribution in [-0.2, 0) is 18.4 Å². The molecule has 1 saturated heterocycles. The highest BCUT2D eigenvalue weighted by atomic mass is 19.1. The van der Waals surface area contributed by atoms with Gasteiger partial charge in [-0.15, -0.1) is 0 Å². The van der Waals surface area contributed by atoms with Crippen LogP contribution < -0.4 is 5.69 Å². The van der Waals surface area contributed by atoms with E-state index in [0.717, 1.165) is 10.1 Å². The number of rotatable bonds is 3. The predicted molar refractivity (Wildman–Crippen MR) is 95.0 cm³/mol. The van der Waals surface area contributed by atoms with Crippen LogP contribution in [0, 0.1) is 5.82 Å². The molecule has 8 nitrogen and oxygen atoms in total. The number of likely N-dealkylation sites (tertiary alicyclic amines) is 1. The summed E-state index contributed by atoms with van der Waals surface area (Å²) in [5, 5.41) is 0. The molecule has 140 valence electrons. The maximum Gasteiger partial charge on any atom is 0.338 e. The second-order valence-corrected chi connectivity index (χ2v) is 6.54. The second-order valence-electron chi connectivity index (χ2n) is 6.54. The minimum atomic E-state index is -0.468. The molecule has 0 spiro atoms. The van der Waals surface area contributed by atoms with Crippen LogP contribution in [0.3, 0.4) is 0 Å². The molecule has 4 rings (SSSR count). The fraction of sp³-hybridized carbons (Fsp3) is 0.333. The normalized spacial score (nSPS) is 14.6. The van der Waals surface area contributed by atoms with E-state index in [4.69, 9.17) is 4.74 Å². The van der Waals surface area contributed by atoms with Crippen LogP contribution in [0.2, 0.25) is 0 Å². The molecule has 27 heavy (non-hydrogen) atoms. The number of imidazole rings is 1. The Hall–Kier alpha value is -3.07. The Bertz CT molecular complexity index is 1070. The zero-order valence-electron chi connectivity index (χ0n) is 14.9. The summed E-state index contributed by atoms with van der Waals surface area (Å²) >= 11 is 0. The van der Waals surface area contributed by atoms with Crippen molar-refractivity contribution in [3.8, 4) is 0 Å². The second kappa shape index (κ2) is 6.58. The van der Waals surface area contributed by atoms with Crippen molar-refractivity contribution in [3.63, 3.8) is 0 Å². The van der Waals surface area contributed by atoms with E-state index in [1.807, 2.05) is 0 Å². The number of carbonyl (C=O) groups is 1. The van der Waals surface area contributed by atoms with Gasteiger partial charge >= 0.3 is 11.7 Å². The third-order valence-corrected chi connectivity index (χ3v) is 4.79. The number of fused-ring (bicyclic) bond motifs is 1. The summed E-state index contributed by atoms with van der Waals surface area (Å²) in [5.41, 5.74) is 1.24. The molecule has 0 radical (unpaired) electrons. The van der Waals surface area contributed by atoms with E-state index in [2.05, 4.69) is 9.97 Å². The summed E-state index contributed by atoms with van der Waals surface area (Å²) in [6.07, 6.45) is 1.47. The zero-order chi connectivity index (χ0) is 19.1. The molecule has 3 aromatic rings. The first kappa shape index (κ1) is 17.3. The Morgan fingerprint density at radius 3 is 2.67 bits per heavy atom. The summed E-state index contributed by atoms with van der Waals surface area (Å²) in [6.45, 7) is 1.15. The van der Waals surface area contributed by atoms with Gasteiger partial charge in [0.15, 0.2) is 11.5 Å². The van der Waals surface area contributed by atoms with Gasteiger partial charge in [-0.2, -0.15) is 0 Å². The number of aromatic nitrogens is 4. The van der Waals surface area contributed by atoms with Crippen molar-refractivity contribution >= 4 is 17.2 Å². The minimum Gasteiger partial charge on any atom is -0.377 e. The van der Waals surface area contributed by atoms with Crippen molar-refractivity contribution < 1.29 is 13.9 Å². The summed E-state index contributed by atoms with van der Waals surface area (Å²) in [6, 6.07) is 5.84. The standard InChI is InChI=1S/C18H18FN5O3/c1-22-16-14(7-20-15(21-16)10-27-2)24(17(22)25)18(26)23-8-12(9-23)11-3-5-13(19)6-4-11/h3-7,12H,8-10H2,1-2H3. The lowest BCUT2D eigenvalue weighted by Gasteiger charge is -2.39. The highest BCUT2D eigenvalue weighted by Crippen LogP contribution is 2.28. The van der Waals surface area contributed by atoms with E-state index < -0.39 is 11.7 Å². The summed E-state index contributed by atoms with van der Waals surface area (Å²) < 4.78 is 20.5. The number of methoxy groups -OCH3 is 1. The lowest BCUT2D eigenvalue weighted by atomic mass is 9.92. The summed E-state index contributed by atoms with van der Waals surface area (Å²) in [5.74, 6) is 0.275. The number of carbonyl (C=O) groups excluding carboxylic acids is 1. The third-order valence-electron chi connectivity index (χ3n) is 4.79. The Morgan fingerprint density at radius 2 is 2.00 bits per heavy atom. The number of amides is 1. The number of hydrogen-bond donors (Lipinski definition) is 0. The van der Waals surface area contributed by atoms with Crippen molar-refractivity contribution in [1.29, 1.82) is 0 Å². The van der Waals surface area contributed by atoms with Crippen molar-refractivity contribution in [2.24, 2.45) is 7.05 Å². The molecule has 0 saturated carbocycles. The fourth-order valence-corrected chi connectivity index (χ4v) is 3.26. The van der Waals surface area contributed by atoms with Crippen LogP contribution >= 0.6 is 0 Å². The van der Waals surface area contributed by atoms with Gasteiger partial charge in [0.2, 0.25) is 0 Å². The van der Waals surface area contributed by atoms with Crippen molar-refractivity contribution in [1.82, 2.24) is 24.0 Å². The molecular weight excluding hydrogens is 353 g/mol. The number of halogens is 1. The first-order chi connectivity index (χ1) is 13.0. The Labute approximate surface area is 153 Å². The van der Waals surface area contributed by atoms with Gasteiger partial charge in [-0.1, -0.05) is 12.1 Å². The van der Waals surface area contributed by atoms with E-state index in [9.17, 15) is 14.0 Å². The predicted octanol–water partition coefficient (Wildman–Crippen LogP) is 1.48. The molecule has 1 aliphatic heterocycles. The van der Waals surface area contributed by atoms with E-state index in [0.29, 0.717) is 30.1 Å². The molecule has 0 atom stereocenters. The lowest BCUT2D eigenvalue weighted by Crippen LogP contribution is -2.52. The molecule has 2 aromatic heterocycles. The SMILES string of the molecule is COCc1ncc2c(n1)n(C)c(=O)n2C(=O)N1CC(c2ccc(F)cc2)C1. The lowest BCUT2D eigenvalue weighted by molar-refractivity contribution is 0.152. The molecule has 1 amide bonds. The van der Waals surface area contributed by atoms with Gasteiger partial charge < -0.3 is 9.64 Å². The molecule has 3 heterocycles. The largest absolute Gasteiger partial charge is 0.377 e. The number of ether oxygens (including phenoxy) is 1. The van der Waals surface area contributed by atoms with Crippen LogP contribution in [0.15, 0.2) is 35.3 Å².